The van der Waals surface area contributed by atoms with E-state index >= 15 is 0 Å². The van der Waals surface area contributed by atoms with E-state index in [0.717, 1.165) is 29.7 Å². The van der Waals surface area contributed by atoms with Gasteiger partial charge in [0.2, 0.25) is 0 Å². The highest BCUT2D eigenvalue weighted by atomic mass is 35.5. The van der Waals surface area contributed by atoms with Crippen LogP contribution in [0.3, 0.4) is 0 Å². The highest BCUT2D eigenvalue weighted by molar-refractivity contribution is 5.85. The highest BCUT2D eigenvalue weighted by Crippen LogP contribution is 2.36. The lowest BCUT2D eigenvalue weighted by Crippen LogP contribution is -2.34. The number of likely N-dealkylation sites (tertiary alicyclic amines) is 1. The molecule has 0 bridgehead atoms. The van der Waals surface area contributed by atoms with Crippen LogP contribution in [-0.2, 0) is 0 Å². The zero-order valence-electron chi connectivity index (χ0n) is 13.9. The SMILES string of the molecule is CN1CCCCC1C=C(c1ccccc1O)c1ccccc1O.Cl. The number of halogens is 1. The molecule has 0 saturated carbocycles. The summed E-state index contributed by atoms with van der Waals surface area (Å²) in [7, 11) is 2.13. The number of hydrogen-bond donors (Lipinski definition) is 2. The lowest BCUT2D eigenvalue weighted by atomic mass is 9.92. The molecule has 1 heterocycles. The van der Waals surface area contributed by atoms with Gasteiger partial charge in [0.1, 0.15) is 11.5 Å². The Morgan fingerprint density at radius 3 is 2.00 bits per heavy atom. The summed E-state index contributed by atoms with van der Waals surface area (Å²) in [5, 5.41) is 20.6. The van der Waals surface area contributed by atoms with Crippen molar-refractivity contribution in [2.45, 2.75) is 25.3 Å². The molecule has 1 aliphatic heterocycles. The Bertz CT molecular complexity index is 667. The Morgan fingerprint density at radius 1 is 0.958 bits per heavy atom. The van der Waals surface area contributed by atoms with Crippen molar-refractivity contribution in [2.24, 2.45) is 0 Å². The second kappa shape index (κ2) is 8.22. The van der Waals surface area contributed by atoms with Crippen molar-refractivity contribution >= 4 is 18.0 Å². The van der Waals surface area contributed by atoms with Crippen molar-refractivity contribution in [3.63, 3.8) is 0 Å². The summed E-state index contributed by atoms with van der Waals surface area (Å²) in [4.78, 5) is 2.34. The van der Waals surface area contributed by atoms with Crippen LogP contribution in [0.4, 0.5) is 0 Å². The van der Waals surface area contributed by atoms with Gasteiger partial charge in [-0.25, -0.2) is 0 Å². The Hall–Kier alpha value is -1.97. The maximum absolute atomic E-state index is 10.3. The van der Waals surface area contributed by atoms with Crippen LogP contribution < -0.4 is 0 Å². The van der Waals surface area contributed by atoms with Gasteiger partial charge in [-0.1, -0.05) is 48.9 Å². The molecular formula is C20H24ClNO2. The molecule has 0 radical (unpaired) electrons. The van der Waals surface area contributed by atoms with Gasteiger partial charge in [0.25, 0.3) is 0 Å². The molecule has 1 atom stereocenters. The number of rotatable bonds is 3. The van der Waals surface area contributed by atoms with Crippen molar-refractivity contribution in [1.29, 1.82) is 0 Å². The van der Waals surface area contributed by atoms with Crippen LogP contribution >= 0.6 is 12.4 Å². The minimum atomic E-state index is 0. The third-order valence-electron chi connectivity index (χ3n) is 4.57. The number of phenols is 2. The fourth-order valence-corrected chi connectivity index (χ4v) is 3.23. The van der Waals surface area contributed by atoms with Gasteiger partial charge in [0.15, 0.2) is 0 Å². The van der Waals surface area contributed by atoms with Gasteiger partial charge < -0.3 is 10.2 Å². The maximum atomic E-state index is 10.3. The highest BCUT2D eigenvalue weighted by Gasteiger charge is 2.20. The number of benzene rings is 2. The van der Waals surface area contributed by atoms with Gasteiger partial charge in [-0.3, -0.25) is 4.90 Å². The first kappa shape index (κ1) is 18.4. The first-order valence-corrected chi connectivity index (χ1v) is 8.15. The van der Waals surface area contributed by atoms with Crippen LogP contribution in [-0.4, -0.2) is 34.7 Å². The summed E-state index contributed by atoms with van der Waals surface area (Å²) < 4.78 is 0. The van der Waals surface area contributed by atoms with Crippen molar-refractivity contribution in [1.82, 2.24) is 4.90 Å². The molecule has 2 aromatic rings. The third-order valence-corrected chi connectivity index (χ3v) is 4.57. The predicted octanol–water partition coefficient (Wildman–Crippen LogP) is 4.44. The molecule has 24 heavy (non-hydrogen) atoms. The van der Waals surface area contributed by atoms with Crippen molar-refractivity contribution in [3.05, 3.63) is 65.7 Å². The van der Waals surface area contributed by atoms with Crippen LogP contribution in [0.25, 0.3) is 5.57 Å². The number of para-hydroxylation sites is 2. The first-order chi connectivity index (χ1) is 11.2. The van der Waals surface area contributed by atoms with Gasteiger partial charge in [-0.05, 0) is 44.1 Å². The molecule has 2 N–H and O–H groups in total. The van der Waals surface area contributed by atoms with Crippen LogP contribution in [0.15, 0.2) is 54.6 Å². The molecule has 0 aliphatic carbocycles. The van der Waals surface area contributed by atoms with E-state index < -0.39 is 0 Å². The minimum absolute atomic E-state index is 0. The number of hydrogen-bond acceptors (Lipinski definition) is 3. The number of likely N-dealkylation sites (N-methyl/N-ethyl adjacent to an activating group) is 1. The van der Waals surface area contributed by atoms with E-state index in [2.05, 4.69) is 18.0 Å². The van der Waals surface area contributed by atoms with Crippen LogP contribution in [0.2, 0.25) is 0 Å². The monoisotopic (exact) mass is 345 g/mol. The molecule has 2 aromatic carbocycles. The van der Waals surface area contributed by atoms with E-state index in [9.17, 15) is 10.2 Å². The largest absolute Gasteiger partial charge is 0.507 e. The summed E-state index contributed by atoms with van der Waals surface area (Å²) in [6.07, 6.45) is 5.72. The average Bonchev–Trinajstić information content (AvgIpc) is 2.56. The average molecular weight is 346 g/mol. The molecule has 1 aliphatic rings. The number of nitrogens with zero attached hydrogens (tertiary/aromatic N) is 1. The van der Waals surface area contributed by atoms with E-state index in [-0.39, 0.29) is 23.9 Å². The summed E-state index contributed by atoms with van der Waals surface area (Å²) in [6.45, 7) is 1.08. The lowest BCUT2D eigenvalue weighted by Gasteiger charge is -2.31. The lowest BCUT2D eigenvalue weighted by molar-refractivity contribution is 0.222. The molecule has 4 heteroatoms. The molecular weight excluding hydrogens is 322 g/mol. The molecule has 128 valence electrons. The fraction of sp³-hybridized carbons (Fsp3) is 0.300. The Kier molecular flexibility index (Phi) is 6.29. The molecule has 3 rings (SSSR count). The zero-order valence-corrected chi connectivity index (χ0v) is 14.7. The quantitative estimate of drug-likeness (QED) is 0.864. The normalized spacial score (nSPS) is 17.8. The number of piperidine rings is 1. The maximum Gasteiger partial charge on any atom is 0.123 e. The van der Waals surface area contributed by atoms with E-state index in [1.807, 2.05) is 36.4 Å². The molecule has 3 nitrogen and oxygen atoms in total. The van der Waals surface area contributed by atoms with Gasteiger partial charge in [-0.15, -0.1) is 12.4 Å². The second-order valence-electron chi connectivity index (χ2n) is 6.16. The van der Waals surface area contributed by atoms with Crippen molar-refractivity contribution in [2.75, 3.05) is 13.6 Å². The van der Waals surface area contributed by atoms with Crippen molar-refractivity contribution in [3.8, 4) is 11.5 Å². The molecule has 0 spiro atoms. The summed E-state index contributed by atoms with van der Waals surface area (Å²) in [5.41, 5.74) is 2.40. The molecule has 0 amide bonds. The fourth-order valence-electron chi connectivity index (χ4n) is 3.23. The zero-order chi connectivity index (χ0) is 16.2. The van der Waals surface area contributed by atoms with E-state index in [1.54, 1.807) is 12.1 Å². The van der Waals surface area contributed by atoms with Gasteiger partial charge in [-0.2, -0.15) is 0 Å². The van der Waals surface area contributed by atoms with Crippen molar-refractivity contribution < 1.29 is 10.2 Å². The van der Waals surface area contributed by atoms with Crippen LogP contribution in [0.5, 0.6) is 11.5 Å². The minimum Gasteiger partial charge on any atom is -0.507 e. The van der Waals surface area contributed by atoms with Crippen LogP contribution in [0, 0.1) is 0 Å². The first-order valence-electron chi connectivity index (χ1n) is 8.15. The summed E-state index contributed by atoms with van der Waals surface area (Å²) >= 11 is 0. The predicted molar refractivity (Wildman–Crippen MR) is 101 cm³/mol. The number of aromatic hydroxyl groups is 2. The molecule has 1 unspecified atom stereocenters. The van der Waals surface area contributed by atoms with Gasteiger partial charge in [0.05, 0.1) is 0 Å². The summed E-state index contributed by atoms with van der Waals surface area (Å²) in [5.74, 6) is 0.473. The third kappa shape index (κ3) is 3.92. The van der Waals surface area contributed by atoms with Gasteiger partial charge >= 0.3 is 0 Å². The topological polar surface area (TPSA) is 43.7 Å². The van der Waals surface area contributed by atoms with E-state index in [1.165, 1.54) is 12.8 Å². The second-order valence-corrected chi connectivity index (χ2v) is 6.16. The Labute approximate surface area is 149 Å². The Morgan fingerprint density at radius 2 is 1.50 bits per heavy atom. The Balaban J connectivity index is 0.00000208. The molecule has 1 fully saturated rings. The van der Waals surface area contributed by atoms with Crippen LogP contribution in [0.1, 0.15) is 30.4 Å². The standard InChI is InChI=1S/C20H23NO2.ClH/c1-21-13-7-6-8-15(21)14-18(16-9-2-4-11-19(16)22)17-10-3-5-12-20(17)23;/h2-5,9-12,14-15,22-23H,6-8,13H2,1H3;1H. The molecule has 0 aromatic heterocycles. The summed E-state index contributed by atoms with van der Waals surface area (Å²) in [6, 6.07) is 14.9. The van der Waals surface area contributed by atoms with E-state index in [0.29, 0.717) is 6.04 Å². The van der Waals surface area contributed by atoms with E-state index in [4.69, 9.17) is 0 Å². The molecule has 1 saturated heterocycles. The smallest absolute Gasteiger partial charge is 0.123 e. The number of phenolic OH excluding ortho intramolecular Hbond substituents is 2. The van der Waals surface area contributed by atoms with Gasteiger partial charge in [0, 0.05) is 17.2 Å².